The number of halogens is 11. The van der Waals surface area contributed by atoms with E-state index >= 15 is 4.39 Å². The van der Waals surface area contributed by atoms with Gasteiger partial charge in [0.15, 0.2) is 6.29 Å². The van der Waals surface area contributed by atoms with Crippen LogP contribution in [0.5, 0.6) is 5.75 Å². The summed E-state index contributed by atoms with van der Waals surface area (Å²) in [6.07, 6.45) is -12.0. The Hall–Kier alpha value is -2.61. The summed E-state index contributed by atoms with van der Waals surface area (Å²) < 4.78 is 169. The smallest absolute Gasteiger partial charge is 0.426 e. The minimum absolute atomic E-state index is 0.133. The van der Waals surface area contributed by atoms with Crippen molar-refractivity contribution in [2.75, 3.05) is 13.2 Å². The number of hydrogen-bond acceptors (Lipinski definition) is 3. The molecule has 1 saturated heterocycles. The van der Waals surface area contributed by atoms with Gasteiger partial charge in [-0.2, -0.15) is 30.7 Å². The van der Waals surface area contributed by atoms with E-state index in [1.165, 1.54) is 6.07 Å². The lowest BCUT2D eigenvalue weighted by Crippen LogP contribution is -2.41. The first-order chi connectivity index (χ1) is 22.0. The van der Waals surface area contributed by atoms with Crippen LogP contribution < -0.4 is 4.74 Å². The molecule has 3 fully saturated rings. The third kappa shape index (κ3) is 7.84. The molecular formula is C33H35F11O3. The maximum atomic E-state index is 15.3. The van der Waals surface area contributed by atoms with E-state index < -0.39 is 59.1 Å². The Morgan fingerprint density at radius 2 is 1.28 bits per heavy atom. The molecule has 0 spiro atoms. The highest BCUT2D eigenvalue weighted by atomic mass is 19.4. The van der Waals surface area contributed by atoms with Crippen LogP contribution in [0, 0.1) is 35.2 Å². The van der Waals surface area contributed by atoms with Crippen LogP contribution in [-0.2, 0) is 15.4 Å². The van der Waals surface area contributed by atoms with Crippen molar-refractivity contribution < 1.29 is 62.5 Å². The van der Waals surface area contributed by atoms with E-state index in [9.17, 15) is 43.9 Å². The summed E-state index contributed by atoms with van der Waals surface area (Å²) in [4.78, 5) is 0. The van der Waals surface area contributed by atoms with Crippen molar-refractivity contribution in [1.82, 2.24) is 0 Å². The van der Waals surface area contributed by atoms with Crippen LogP contribution in [0.1, 0.15) is 86.8 Å². The zero-order valence-corrected chi connectivity index (χ0v) is 25.4. The number of alkyl halides is 8. The maximum absolute atomic E-state index is 15.3. The molecule has 2 aromatic rings. The topological polar surface area (TPSA) is 27.7 Å². The molecule has 0 radical (unpaired) electrons. The summed E-state index contributed by atoms with van der Waals surface area (Å²) in [5.74, 6) is -13.2. The first kappa shape index (κ1) is 35.7. The first-order valence-corrected chi connectivity index (χ1v) is 15.6. The van der Waals surface area contributed by atoms with Gasteiger partial charge in [0.2, 0.25) is 0 Å². The standard InChI is InChI=1S/C33H35F11O3/c1-17-15-45-29(46-16-17)20-4-2-18(3-5-20)21-8-11-24(25(34)12-21)19-6-9-22(10-7-19)33(43,44)47-23-13-26(35)28(27(36)14-23)31(38,39)30(37)32(40,41)42/h8,11-14,17-20,22,29-30H,2-7,9-10,15-16H2,1H3. The molecule has 0 N–H and O–H groups in total. The van der Waals surface area contributed by atoms with Gasteiger partial charge in [-0.15, -0.1) is 0 Å². The van der Waals surface area contributed by atoms with Gasteiger partial charge in [-0.3, -0.25) is 0 Å². The molecular weight excluding hydrogens is 653 g/mol. The molecule has 1 atom stereocenters. The predicted molar refractivity (Wildman–Crippen MR) is 147 cm³/mol. The molecule has 2 saturated carbocycles. The lowest BCUT2D eigenvalue weighted by Gasteiger charge is -2.37. The Morgan fingerprint density at radius 3 is 1.81 bits per heavy atom. The van der Waals surface area contributed by atoms with Gasteiger partial charge in [-0.1, -0.05) is 19.1 Å². The van der Waals surface area contributed by atoms with Gasteiger partial charge in [-0.25, -0.2) is 17.6 Å². The Labute approximate surface area is 264 Å². The molecule has 3 aliphatic rings. The van der Waals surface area contributed by atoms with E-state index in [4.69, 9.17) is 9.47 Å². The van der Waals surface area contributed by atoms with Gasteiger partial charge in [0.25, 0.3) is 6.17 Å². The summed E-state index contributed by atoms with van der Waals surface area (Å²) in [5, 5.41) is 0. The Morgan fingerprint density at radius 1 is 0.723 bits per heavy atom. The van der Waals surface area contributed by atoms with Crippen LogP contribution in [0.2, 0.25) is 0 Å². The highest BCUT2D eigenvalue weighted by molar-refractivity contribution is 5.35. The second kappa shape index (κ2) is 13.7. The Bertz CT molecular complexity index is 1350. The second-order valence-electron chi connectivity index (χ2n) is 13.0. The van der Waals surface area contributed by atoms with Crippen LogP contribution >= 0.6 is 0 Å². The summed E-state index contributed by atoms with van der Waals surface area (Å²) in [5.41, 5.74) is -1.31. The van der Waals surface area contributed by atoms with Crippen molar-refractivity contribution >= 4 is 0 Å². The minimum atomic E-state index is -6.15. The minimum Gasteiger partial charge on any atom is -0.432 e. The summed E-state index contributed by atoms with van der Waals surface area (Å²) in [6.45, 7) is 3.40. The third-order valence-electron chi connectivity index (χ3n) is 9.59. The quantitative estimate of drug-likeness (QED) is 0.259. The molecule has 47 heavy (non-hydrogen) atoms. The van der Waals surface area contributed by atoms with Crippen LogP contribution in [0.25, 0.3) is 0 Å². The average molecular weight is 689 g/mol. The van der Waals surface area contributed by atoms with Crippen molar-refractivity contribution in [2.24, 2.45) is 17.8 Å². The van der Waals surface area contributed by atoms with Crippen LogP contribution in [0.4, 0.5) is 48.3 Å². The number of hydrogen-bond donors (Lipinski definition) is 0. The monoisotopic (exact) mass is 688 g/mol. The second-order valence-corrected chi connectivity index (χ2v) is 13.0. The van der Waals surface area contributed by atoms with E-state index in [1.54, 1.807) is 6.07 Å². The molecule has 2 aromatic carbocycles. The van der Waals surface area contributed by atoms with E-state index in [2.05, 4.69) is 11.7 Å². The van der Waals surface area contributed by atoms with Crippen LogP contribution in [-0.4, -0.2) is 38.0 Å². The Balaban J connectivity index is 1.17. The molecule has 0 amide bonds. The predicted octanol–water partition coefficient (Wildman–Crippen LogP) is 10.3. The summed E-state index contributed by atoms with van der Waals surface area (Å²) >= 11 is 0. The molecule has 3 nitrogen and oxygen atoms in total. The van der Waals surface area contributed by atoms with Crippen molar-refractivity contribution in [2.45, 2.75) is 101 Å². The van der Waals surface area contributed by atoms with Gasteiger partial charge in [-0.05, 0) is 80.4 Å². The lowest BCUT2D eigenvalue weighted by molar-refractivity contribution is -0.249. The summed E-state index contributed by atoms with van der Waals surface area (Å²) in [7, 11) is 0. The number of rotatable bonds is 8. The van der Waals surface area contributed by atoms with Crippen molar-refractivity contribution in [3.63, 3.8) is 0 Å². The molecule has 5 rings (SSSR count). The van der Waals surface area contributed by atoms with E-state index in [0.29, 0.717) is 24.7 Å². The third-order valence-corrected chi connectivity index (χ3v) is 9.59. The number of benzene rings is 2. The van der Waals surface area contributed by atoms with Gasteiger partial charge in [0.05, 0.1) is 24.7 Å². The van der Waals surface area contributed by atoms with Crippen molar-refractivity contribution in [3.05, 3.63) is 64.5 Å². The van der Waals surface area contributed by atoms with Gasteiger partial charge >= 0.3 is 18.2 Å². The van der Waals surface area contributed by atoms with Gasteiger partial charge in [0, 0.05) is 24.0 Å². The van der Waals surface area contributed by atoms with Crippen molar-refractivity contribution in [1.29, 1.82) is 0 Å². The zero-order valence-electron chi connectivity index (χ0n) is 25.4. The molecule has 262 valence electrons. The zero-order chi connectivity index (χ0) is 34.3. The van der Waals surface area contributed by atoms with E-state index in [0.717, 1.165) is 31.2 Å². The van der Waals surface area contributed by atoms with E-state index in [1.807, 2.05) is 6.07 Å². The molecule has 14 heteroatoms. The van der Waals surface area contributed by atoms with Crippen LogP contribution in [0.15, 0.2) is 30.3 Å². The SMILES string of the molecule is CC1COC(C2CCC(c3ccc(C4CCC(C(F)(F)Oc5cc(F)c(C(F)(F)C(F)C(F)(F)F)c(F)c5)CC4)c(F)c3)CC2)OC1. The Kier molecular flexibility index (Phi) is 10.4. The average Bonchev–Trinajstić information content (AvgIpc) is 3.00. The van der Waals surface area contributed by atoms with Gasteiger partial charge in [0.1, 0.15) is 23.2 Å². The molecule has 1 heterocycles. The van der Waals surface area contributed by atoms with Crippen LogP contribution in [0.3, 0.4) is 0 Å². The first-order valence-electron chi connectivity index (χ1n) is 15.6. The maximum Gasteiger partial charge on any atom is 0.426 e. The largest absolute Gasteiger partial charge is 0.432 e. The van der Waals surface area contributed by atoms with Gasteiger partial charge < -0.3 is 14.2 Å². The lowest BCUT2D eigenvalue weighted by atomic mass is 9.76. The fourth-order valence-electron chi connectivity index (χ4n) is 6.98. The molecule has 1 aliphatic heterocycles. The molecule has 0 bridgehead atoms. The fourth-order valence-corrected chi connectivity index (χ4v) is 6.98. The highest BCUT2D eigenvalue weighted by Gasteiger charge is 2.60. The molecule has 1 unspecified atom stereocenters. The molecule has 2 aliphatic carbocycles. The highest BCUT2D eigenvalue weighted by Crippen LogP contribution is 2.47. The summed E-state index contributed by atoms with van der Waals surface area (Å²) in [6, 6.07) is 4.75. The van der Waals surface area contributed by atoms with E-state index in [-0.39, 0.29) is 61.9 Å². The van der Waals surface area contributed by atoms with Crippen molar-refractivity contribution in [3.8, 4) is 5.75 Å². The normalized spacial score (nSPS) is 28.6. The molecule has 0 aromatic heterocycles. The number of ether oxygens (including phenoxy) is 3. The fraction of sp³-hybridized carbons (Fsp3) is 0.636.